The van der Waals surface area contributed by atoms with Crippen molar-refractivity contribution in [1.82, 2.24) is 9.97 Å². The molecule has 0 aliphatic carbocycles. The lowest BCUT2D eigenvalue weighted by molar-refractivity contribution is 0.213. The fraction of sp³-hybridized carbons (Fsp3) is 0.630. The maximum atomic E-state index is 13.9. The number of hydrogen-bond acceptors (Lipinski definition) is 3. The Kier molecular flexibility index (Phi) is 12.9. The smallest absolute Gasteiger partial charge is 0.159 e. The van der Waals surface area contributed by atoms with E-state index in [-0.39, 0.29) is 6.61 Å². The van der Waals surface area contributed by atoms with E-state index in [2.05, 4.69) is 41.2 Å². The largest absolute Gasteiger partial charge is 0.490 e. The van der Waals surface area contributed by atoms with Crippen molar-refractivity contribution in [2.75, 3.05) is 6.61 Å². The molecule has 5 heteroatoms. The van der Waals surface area contributed by atoms with Gasteiger partial charge < -0.3 is 4.74 Å². The van der Waals surface area contributed by atoms with Crippen molar-refractivity contribution >= 4 is 0 Å². The van der Waals surface area contributed by atoms with Crippen molar-refractivity contribution in [3.63, 3.8) is 0 Å². The van der Waals surface area contributed by atoms with Gasteiger partial charge in [0.2, 0.25) is 0 Å². The fourth-order valence-electron chi connectivity index (χ4n) is 3.68. The van der Waals surface area contributed by atoms with Gasteiger partial charge in [0.05, 0.1) is 25.2 Å². The molecule has 0 saturated heterocycles. The van der Waals surface area contributed by atoms with Crippen molar-refractivity contribution < 1.29 is 13.5 Å². The molecule has 0 spiro atoms. The quantitative estimate of drug-likeness (QED) is 0.230. The average molecular weight is 447 g/mol. The van der Waals surface area contributed by atoms with Crippen LogP contribution >= 0.6 is 0 Å². The molecule has 178 valence electrons. The van der Waals surface area contributed by atoms with Gasteiger partial charge in [0.15, 0.2) is 11.6 Å². The molecule has 2 aromatic rings. The number of aryl methyl sites for hydroxylation is 1. The highest BCUT2D eigenvalue weighted by molar-refractivity contribution is 5.55. The van der Waals surface area contributed by atoms with Crippen LogP contribution in [0.25, 0.3) is 11.4 Å². The van der Waals surface area contributed by atoms with Gasteiger partial charge >= 0.3 is 0 Å². The lowest BCUT2D eigenvalue weighted by Crippen LogP contribution is -2.09. The van der Waals surface area contributed by atoms with Crippen LogP contribution in [0.1, 0.15) is 90.0 Å². The summed E-state index contributed by atoms with van der Waals surface area (Å²) in [5.41, 5.74) is 2.33. The number of unbranched alkanes of at least 4 members (excludes halogenated alkanes) is 5. The molecular weight excluding hydrogens is 406 g/mol. The van der Waals surface area contributed by atoms with Crippen LogP contribution in [-0.4, -0.2) is 28.9 Å². The number of benzene rings is 1. The number of ether oxygens (including phenoxy) is 1. The van der Waals surface area contributed by atoms with Crippen LogP contribution in [0, 0.1) is 0 Å². The lowest BCUT2D eigenvalue weighted by atomic mass is 10.0. The molecule has 0 radical (unpaired) electrons. The molecule has 0 saturated carbocycles. The third-order valence-corrected chi connectivity index (χ3v) is 5.84. The summed E-state index contributed by atoms with van der Waals surface area (Å²) in [6.07, 6.45) is 12.6. The van der Waals surface area contributed by atoms with Gasteiger partial charge in [-0.3, -0.25) is 0 Å². The van der Waals surface area contributed by atoms with Crippen molar-refractivity contribution in [2.45, 2.75) is 103 Å². The molecular formula is C27H40F2N2O. The number of hydrogen-bond donors (Lipinski definition) is 0. The Morgan fingerprint density at radius 1 is 0.781 bits per heavy atom. The molecule has 0 amide bonds. The van der Waals surface area contributed by atoms with Crippen LogP contribution < -0.4 is 4.74 Å². The summed E-state index contributed by atoms with van der Waals surface area (Å²) in [6, 6.07) is 8.44. The average Bonchev–Trinajstić information content (AvgIpc) is 2.82. The summed E-state index contributed by atoms with van der Waals surface area (Å²) in [7, 11) is 0. The summed E-state index contributed by atoms with van der Waals surface area (Å²) in [5, 5.41) is 0. The third kappa shape index (κ3) is 10.5. The Hall–Kier alpha value is -2.04. The molecule has 1 aromatic heterocycles. The number of nitrogens with zero attached hydrogens (tertiary/aromatic N) is 2. The first-order valence-corrected chi connectivity index (χ1v) is 12.4. The normalized spacial score (nSPS) is 13.1. The Bertz CT molecular complexity index is 721. The van der Waals surface area contributed by atoms with Crippen molar-refractivity contribution in [1.29, 1.82) is 0 Å². The number of rotatable bonds is 17. The summed E-state index contributed by atoms with van der Waals surface area (Å²) in [5.74, 6) is 1.19. The zero-order chi connectivity index (χ0) is 23.0. The van der Waals surface area contributed by atoms with E-state index in [1.54, 1.807) is 12.4 Å². The van der Waals surface area contributed by atoms with Gasteiger partial charge in [-0.15, -0.1) is 0 Å². The van der Waals surface area contributed by atoms with Crippen LogP contribution in [0.2, 0.25) is 0 Å². The van der Waals surface area contributed by atoms with Gasteiger partial charge in [0.25, 0.3) is 0 Å². The van der Waals surface area contributed by atoms with Crippen LogP contribution in [0.5, 0.6) is 5.75 Å². The molecule has 32 heavy (non-hydrogen) atoms. The maximum absolute atomic E-state index is 13.9. The van der Waals surface area contributed by atoms with Crippen LogP contribution in [-0.2, 0) is 6.42 Å². The number of aromatic nitrogens is 2. The van der Waals surface area contributed by atoms with E-state index >= 15 is 0 Å². The Morgan fingerprint density at radius 3 is 2.12 bits per heavy atom. The highest BCUT2D eigenvalue weighted by Gasteiger charge is 2.10. The van der Waals surface area contributed by atoms with E-state index in [1.807, 2.05) is 6.92 Å². The van der Waals surface area contributed by atoms with Gasteiger partial charge in [-0.05, 0) is 44.1 Å². The zero-order valence-electron chi connectivity index (χ0n) is 19.9. The molecule has 0 bridgehead atoms. The fourth-order valence-corrected chi connectivity index (χ4v) is 3.68. The first-order valence-electron chi connectivity index (χ1n) is 12.4. The van der Waals surface area contributed by atoms with Crippen molar-refractivity contribution in [2.24, 2.45) is 0 Å². The van der Waals surface area contributed by atoms with E-state index in [4.69, 9.17) is 4.74 Å². The first-order chi connectivity index (χ1) is 15.6. The van der Waals surface area contributed by atoms with Crippen LogP contribution in [0.3, 0.4) is 0 Å². The SMILES string of the molecule is CCCCCCCCc1ccc(-c2ncc(OCCC(F)CCCC(F)CC)cn2)cc1. The van der Waals surface area contributed by atoms with E-state index in [0.29, 0.717) is 43.7 Å². The second-order valence-corrected chi connectivity index (χ2v) is 8.63. The summed E-state index contributed by atoms with van der Waals surface area (Å²) >= 11 is 0. The predicted molar refractivity (Wildman–Crippen MR) is 129 cm³/mol. The molecule has 3 nitrogen and oxygen atoms in total. The Balaban J connectivity index is 1.68. The second-order valence-electron chi connectivity index (χ2n) is 8.63. The van der Waals surface area contributed by atoms with Crippen LogP contribution in [0.4, 0.5) is 8.78 Å². The molecule has 2 atom stereocenters. The van der Waals surface area contributed by atoms with E-state index in [0.717, 1.165) is 12.0 Å². The Labute approximate surface area is 193 Å². The predicted octanol–water partition coefficient (Wildman–Crippen LogP) is 8.07. The van der Waals surface area contributed by atoms with E-state index in [1.165, 1.54) is 44.1 Å². The van der Waals surface area contributed by atoms with Gasteiger partial charge in [0.1, 0.15) is 6.17 Å². The molecule has 0 aliphatic rings. The van der Waals surface area contributed by atoms with Crippen molar-refractivity contribution in [3.8, 4) is 17.1 Å². The van der Waals surface area contributed by atoms with Gasteiger partial charge in [-0.1, -0.05) is 70.2 Å². The molecule has 1 aromatic carbocycles. The highest BCUT2D eigenvalue weighted by Crippen LogP contribution is 2.19. The van der Waals surface area contributed by atoms with Crippen LogP contribution in [0.15, 0.2) is 36.7 Å². The van der Waals surface area contributed by atoms with Gasteiger partial charge in [-0.2, -0.15) is 0 Å². The highest BCUT2D eigenvalue weighted by atomic mass is 19.1. The number of halogens is 2. The standard InChI is InChI=1S/C27H40F2N2O/c1-3-5-6-7-8-9-11-22-14-16-23(17-15-22)27-30-20-26(21-31-27)32-19-18-25(29)13-10-12-24(28)4-2/h14-17,20-21,24-25H,3-13,18-19H2,1-2H3. The molecule has 0 N–H and O–H groups in total. The molecule has 0 aliphatic heterocycles. The van der Waals surface area contributed by atoms with E-state index < -0.39 is 12.3 Å². The first kappa shape index (κ1) is 26.2. The molecule has 2 rings (SSSR count). The van der Waals surface area contributed by atoms with E-state index in [9.17, 15) is 8.78 Å². The Morgan fingerprint density at radius 2 is 1.44 bits per heavy atom. The minimum atomic E-state index is -0.964. The van der Waals surface area contributed by atoms with Gasteiger partial charge in [0, 0.05) is 12.0 Å². The second kappa shape index (κ2) is 15.7. The molecule has 0 fully saturated rings. The lowest BCUT2D eigenvalue weighted by Gasteiger charge is -2.10. The summed E-state index contributed by atoms with van der Waals surface area (Å²) < 4.78 is 32.6. The van der Waals surface area contributed by atoms with Gasteiger partial charge in [-0.25, -0.2) is 18.7 Å². The molecule has 2 unspecified atom stereocenters. The minimum Gasteiger partial charge on any atom is -0.490 e. The monoisotopic (exact) mass is 446 g/mol. The zero-order valence-corrected chi connectivity index (χ0v) is 19.9. The summed E-state index contributed by atoms with van der Waals surface area (Å²) in [4.78, 5) is 8.77. The third-order valence-electron chi connectivity index (χ3n) is 5.84. The molecule has 1 heterocycles. The minimum absolute atomic E-state index is 0.268. The van der Waals surface area contributed by atoms with Crippen molar-refractivity contribution in [3.05, 3.63) is 42.2 Å². The maximum Gasteiger partial charge on any atom is 0.159 e. The summed E-state index contributed by atoms with van der Waals surface area (Å²) in [6.45, 7) is 4.32. The topological polar surface area (TPSA) is 35.0 Å². The number of alkyl halides is 2.